The summed E-state index contributed by atoms with van der Waals surface area (Å²) in [5, 5.41) is 9.70. The van der Waals surface area contributed by atoms with Gasteiger partial charge in [-0.2, -0.15) is 0 Å². The smallest absolute Gasteiger partial charge is 0.256 e. The van der Waals surface area contributed by atoms with Crippen LogP contribution in [-0.2, 0) is 10.0 Å². The maximum absolute atomic E-state index is 12.8. The summed E-state index contributed by atoms with van der Waals surface area (Å²) in [4.78, 5) is 12.7. The molecule has 3 N–H and O–H groups in total. The number of methoxy groups -OCH3 is 1. The van der Waals surface area contributed by atoms with E-state index in [9.17, 15) is 13.2 Å². The van der Waals surface area contributed by atoms with Crippen molar-refractivity contribution in [2.24, 2.45) is 5.14 Å². The van der Waals surface area contributed by atoms with Gasteiger partial charge >= 0.3 is 0 Å². The Morgan fingerprint density at radius 3 is 2.55 bits per heavy atom. The van der Waals surface area contributed by atoms with Gasteiger partial charge in [-0.05, 0) is 46.3 Å². The van der Waals surface area contributed by atoms with E-state index in [1.807, 2.05) is 24.3 Å². The number of hydrogen-bond donors (Lipinski definition) is 2. The molecular formula is C20H15BrN2O5S. The lowest BCUT2D eigenvalue weighted by Crippen LogP contribution is -2.16. The highest BCUT2D eigenvalue weighted by Gasteiger charge is 2.18. The average molecular weight is 475 g/mol. The number of ether oxygens (including phenoxy) is 1. The van der Waals surface area contributed by atoms with Gasteiger partial charge in [0.1, 0.15) is 16.9 Å². The van der Waals surface area contributed by atoms with Crippen molar-refractivity contribution in [3.63, 3.8) is 0 Å². The van der Waals surface area contributed by atoms with Gasteiger partial charge in [-0.15, -0.1) is 0 Å². The molecule has 4 rings (SSSR count). The summed E-state index contributed by atoms with van der Waals surface area (Å²) in [6, 6.07) is 15.0. The molecule has 148 valence electrons. The summed E-state index contributed by atoms with van der Waals surface area (Å²) < 4.78 is 34.9. The second kappa shape index (κ2) is 7.18. The van der Waals surface area contributed by atoms with Crippen molar-refractivity contribution >= 4 is 59.5 Å². The molecule has 4 aromatic rings. The molecule has 0 unspecified atom stereocenters. The van der Waals surface area contributed by atoms with Crippen LogP contribution in [-0.4, -0.2) is 21.4 Å². The number of anilines is 1. The van der Waals surface area contributed by atoms with Crippen LogP contribution >= 0.6 is 15.9 Å². The van der Waals surface area contributed by atoms with Gasteiger partial charge in [0, 0.05) is 21.3 Å². The van der Waals surface area contributed by atoms with Gasteiger partial charge in [-0.3, -0.25) is 4.79 Å². The first kappa shape index (κ1) is 19.4. The molecule has 3 aromatic carbocycles. The minimum absolute atomic E-state index is 0.114. The lowest BCUT2D eigenvalue weighted by atomic mass is 10.1. The predicted octanol–water partition coefficient (Wildman–Crippen LogP) is 4.26. The number of nitrogens with one attached hydrogen (secondary N) is 1. The van der Waals surface area contributed by atoms with Crippen molar-refractivity contribution in [2.45, 2.75) is 4.90 Å². The van der Waals surface area contributed by atoms with Crippen molar-refractivity contribution in [3.8, 4) is 5.75 Å². The van der Waals surface area contributed by atoms with E-state index in [0.717, 1.165) is 16.4 Å². The number of rotatable bonds is 4. The fourth-order valence-corrected chi connectivity index (χ4v) is 4.03. The molecule has 1 amide bonds. The van der Waals surface area contributed by atoms with E-state index < -0.39 is 15.9 Å². The molecule has 9 heteroatoms. The Labute approximate surface area is 174 Å². The summed E-state index contributed by atoms with van der Waals surface area (Å²) in [6.07, 6.45) is 0. The number of furan rings is 1. The Morgan fingerprint density at radius 2 is 1.83 bits per heavy atom. The molecule has 7 nitrogen and oxygen atoms in total. The van der Waals surface area contributed by atoms with Gasteiger partial charge in [0.15, 0.2) is 0 Å². The van der Waals surface area contributed by atoms with E-state index in [1.54, 1.807) is 12.1 Å². The van der Waals surface area contributed by atoms with E-state index in [1.165, 1.54) is 25.3 Å². The number of amides is 1. The molecule has 0 aliphatic carbocycles. The van der Waals surface area contributed by atoms with Crippen LogP contribution in [0.3, 0.4) is 0 Å². The van der Waals surface area contributed by atoms with Gasteiger partial charge in [0.2, 0.25) is 10.0 Å². The number of benzene rings is 3. The number of sulfonamides is 1. The molecule has 1 heterocycles. The van der Waals surface area contributed by atoms with Gasteiger partial charge < -0.3 is 14.5 Å². The first-order chi connectivity index (χ1) is 13.8. The molecule has 0 bridgehead atoms. The minimum atomic E-state index is -3.95. The molecule has 0 aliphatic rings. The second-order valence-electron chi connectivity index (χ2n) is 6.29. The van der Waals surface area contributed by atoms with Crippen LogP contribution in [0.4, 0.5) is 5.69 Å². The maximum atomic E-state index is 12.8. The molecule has 0 aliphatic heterocycles. The highest BCUT2D eigenvalue weighted by atomic mass is 79.9. The van der Waals surface area contributed by atoms with Crippen molar-refractivity contribution in [1.29, 1.82) is 0 Å². The molecule has 0 spiro atoms. The molecule has 0 radical (unpaired) electrons. The molecule has 0 saturated heterocycles. The Morgan fingerprint density at radius 1 is 1.07 bits per heavy atom. The third kappa shape index (κ3) is 3.59. The third-order valence-corrected chi connectivity index (χ3v) is 6.06. The second-order valence-corrected chi connectivity index (χ2v) is 8.70. The van der Waals surface area contributed by atoms with Crippen molar-refractivity contribution in [3.05, 3.63) is 64.6 Å². The predicted molar refractivity (Wildman–Crippen MR) is 114 cm³/mol. The quantitative estimate of drug-likeness (QED) is 0.458. The van der Waals surface area contributed by atoms with Crippen molar-refractivity contribution < 1.29 is 22.4 Å². The van der Waals surface area contributed by atoms with Crippen LogP contribution in [0.25, 0.3) is 21.9 Å². The molecule has 1 aromatic heterocycles. The van der Waals surface area contributed by atoms with E-state index in [4.69, 9.17) is 14.3 Å². The number of primary sulfonamides is 1. The number of carbonyl (C=O) groups is 1. The van der Waals surface area contributed by atoms with Crippen LogP contribution in [0.1, 0.15) is 10.4 Å². The standard InChI is InChI=1S/C20H15BrN2O5S/c1-27-19-9-13-12-4-2-3-5-17(12)28-18(13)10-16(19)23-20(24)14-8-11(29(22,25)26)6-7-15(14)21/h2-10H,1H3,(H,23,24)(H2,22,25,26). The summed E-state index contributed by atoms with van der Waals surface area (Å²) in [5.41, 5.74) is 1.80. The topological polar surface area (TPSA) is 112 Å². The summed E-state index contributed by atoms with van der Waals surface area (Å²) in [7, 11) is -2.45. The van der Waals surface area contributed by atoms with Crippen LogP contribution < -0.4 is 15.2 Å². The van der Waals surface area contributed by atoms with E-state index >= 15 is 0 Å². The molecule has 29 heavy (non-hydrogen) atoms. The summed E-state index contributed by atoms with van der Waals surface area (Å²) >= 11 is 3.26. The monoisotopic (exact) mass is 474 g/mol. The number of halogens is 1. The molecule has 0 atom stereocenters. The normalized spacial score (nSPS) is 11.7. The van der Waals surface area contributed by atoms with Crippen molar-refractivity contribution in [1.82, 2.24) is 0 Å². The lowest BCUT2D eigenvalue weighted by molar-refractivity contribution is 0.102. The van der Waals surface area contributed by atoms with Gasteiger partial charge in [-0.25, -0.2) is 13.6 Å². The fraction of sp³-hybridized carbons (Fsp3) is 0.0500. The summed E-state index contributed by atoms with van der Waals surface area (Å²) in [6.45, 7) is 0. The zero-order valence-electron chi connectivity index (χ0n) is 15.1. The lowest BCUT2D eigenvalue weighted by Gasteiger charge is -2.12. The minimum Gasteiger partial charge on any atom is -0.495 e. The first-order valence-electron chi connectivity index (χ1n) is 8.41. The first-order valence-corrected chi connectivity index (χ1v) is 10.7. The number of hydrogen-bond acceptors (Lipinski definition) is 5. The number of para-hydroxylation sites is 1. The Bertz CT molecular complexity index is 1380. The van der Waals surface area contributed by atoms with Gasteiger partial charge in [0.25, 0.3) is 5.91 Å². The van der Waals surface area contributed by atoms with Crippen LogP contribution in [0.15, 0.2) is 68.4 Å². The highest BCUT2D eigenvalue weighted by Crippen LogP contribution is 2.36. The summed E-state index contributed by atoms with van der Waals surface area (Å²) in [5.74, 6) is -0.0905. The Hall–Kier alpha value is -2.88. The largest absolute Gasteiger partial charge is 0.495 e. The Balaban J connectivity index is 1.77. The van der Waals surface area contributed by atoms with Crippen LogP contribution in [0.5, 0.6) is 5.75 Å². The van der Waals surface area contributed by atoms with Crippen LogP contribution in [0, 0.1) is 0 Å². The number of nitrogens with two attached hydrogens (primary N) is 1. The Kier molecular flexibility index (Phi) is 4.81. The SMILES string of the molecule is COc1cc2c(cc1NC(=O)c1cc(S(N)(=O)=O)ccc1Br)oc1ccccc12. The maximum Gasteiger partial charge on any atom is 0.256 e. The fourth-order valence-electron chi connectivity index (χ4n) is 3.06. The number of fused-ring (bicyclic) bond motifs is 3. The molecular weight excluding hydrogens is 460 g/mol. The van der Waals surface area contributed by atoms with Gasteiger partial charge in [0.05, 0.1) is 23.3 Å². The van der Waals surface area contributed by atoms with E-state index in [-0.39, 0.29) is 10.5 Å². The highest BCUT2D eigenvalue weighted by molar-refractivity contribution is 9.10. The van der Waals surface area contributed by atoms with E-state index in [0.29, 0.717) is 21.5 Å². The molecule has 0 fully saturated rings. The zero-order chi connectivity index (χ0) is 20.8. The van der Waals surface area contributed by atoms with E-state index in [2.05, 4.69) is 21.2 Å². The van der Waals surface area contributed by atoms with Crippen LogP contribution in [0.2, 0.25) is 0 Å². The van der Waals surface area contributed by atoms with Gasteiger partial charge in [-0.1, -0.05) is 18.2 Å². The number of carbonyl (C=O) groups excluding carboxylic acids is 1. The zero-order valence-corrected chi connectivity index (χ0v) is 17.5. The van der Waals surface area contributed by atoms with Crippen molar-refractivity contribution in [2.75, 3.05) is 12.4 Å². The average Bonchev–Trinajstić information content (AvgIpc) is 3.04. The third-order valence-electron chi connectivity index (χ3n) is 4.46. The molecule has 0 saturated carbocycles.